The van der Waals surface area contributed by atoms with Gasteiger partial charge in [-0.3, -0.25) is 9.59 Å². The van der Waals surface area contributed by atoms with E-state index in [1.165, 1.54) is 6.07 Å². The molecule has 2 atom stereocenters. The van der Waals surface area contributed by atoms with E-state index in [0.717, 1.165) is 12.1 Å². The third-order valence-corrected chi connectivity index (χ3v) is 6.70. The number of halogens is 2. The molecule has 10 heteroatoms. The van der Waals surface area contributed by atoms with E-state index in [4.69, 9.17) is 24.3 Å². The lowest BCUT2D eigenvalue weighted by Gasteiger charge is -2.31. The second-order valence-corrected chi connectivity index (χ2v) is 11.2. The minimum atomic E-state index is -1.59. The van der Waals surface area contributed by atoms with Gasteiger partial charge in [0, 0.05) is 31.6 Å². The Morgan fingerprint density at radius 3 is 2.40 bits per heavy atom. The van der Waals surface area contributed by atoms with Crippen LogP contribution in [0.4, 0.5) is 8.78 Å². The van der Waals surface area contributed by atoms with E-state index in [1.54, 1.807) is 45.0 Å². The highest BCUT2D eigenvalue weighted by Crippen LogP contribution is 2.43. The van der Waals surface area contributed by atoms with Crippen molar-refractivity contribution in [1.82, 2.24) is 5.32 Å². The van der Waals surface area contributed by atoms with Crippen LogP contribution in [0.5, 0.6) is 5.75 Å². The molecule has 0 unspecified atom stereocenters. The number of hydrogen-bond donors (Lipinski definition) is 2. The molecule has 1 aliphatic rings. The number of aliphatic hydroxyl groups is 1. The SMILES string of the molecule is CC(C)(C)OC(=O)CC[C@@]1(C(=O)NCc2ccc(F)c(F)c2)N=C(c2ccc(OCCCO)cc2)O[C@@H]1c1ccccc1. The van der Waals surface area contributed by atoms with Crippen LogP contribution in [-0.4, -0.2) is 47.2 Å². The third-order valence-electron chi connectivity index (χ3n) is 6.70. The van der Waals surface area contributed by atoms with E-state index in [2.05, 4.69) is 5.32 Å². The smallest absolute Gasteiger partial charge is 0.306 e. The van der Waals surface area contributed by atoms with Crippen LogP contribution < -0.4 is 10.1 Å². The van der Waals surface area contributed by atoms with E-state index >= 15 is 0 Å². The molecular weight excluding hydrogens is 558 g/mol. The Morgan fingerprint density at radius 2 is 1.74 bits per heavy atom. The summed E-state index contributed by atoms with van der Waals surface area (Å²) in [4.78, 5) is 31.7. The van der Waals surface area contributed by atoms with Crippen molar-refractivity contribution >= 4 is 17.8 Å². The van der Waals surface area contributed by atoms with Gasteiger partial charge in [-0.2, -0.15) is 0 Å². The van der Waals surface area contributed by atoms with Crippen molar-refractivity contribution in [2.45, 2.75) is 63.8 Å². The predicted octanol–water partition coefficient (Wildman–Crippen LogP) is 5.42. The van der Waals surface area contributed by atoms with E-state index < -0.39 is 40.8 Å². The lowest BCUT2D eigenvalue weighted by atomic mass is 9.83. The van der Waals surface area contributed by atoms with Crippen LogP contribution in [-0.2, 0) is 25.6 Å². The molecule has 2 N–H and O–H groups in total. The van der Waals surface area contributed by atoms with Crippen LogP contribution >= 0.6 is 0 Å². The van der Waals surface area contributed by atoms with Crippen molar-refractivity contribution in [3.05, 3.63) is 101 Å². The zero-order valence-electron chi connectivity index (χ0n) is 24.4. The summed E-state index contributed by atoms with van der Waals surface area (Å²) in [5.74, 6) is -2.27. The van der Waals surface area contributed by atoms with Crippen molar-refractivity contribution in [2.24, 2.45) is 4.99 Å². The van der Waals surface area contributed by atoms with Gasteiger partial charge in [-0.15, -0.1) is 0 Å². The van der Waals surface area contributed by atoms with Gasteiger partial charge >= 0.3 is 5.97 Å². The Bertz CT molecular complexity index is 1440. The van der Waals surface area contributed by atoms with E-state index in [0.29, 0.717) is 35.5 Å². The fourth-order valence-corrected chi connectivity index (χ4v) is 4.67. The number of ether oxygens (including phenoxy) is 3. The Labute approximate surface area is 249 Å². The normalized spacial score (nSPS) is 18.0. The van der Waals surface area contributed by atoms with Crippen LogP contribution in [0.3, 0.4) is 0 Å². The number of hydrogen-bond acceptors (Lipinski definition) is 7. The van der Waals surface area contributed by atoms with Crippen molar-refractivity contribution < 1.29 is 37.7 Å². The molecular formula is C33H36F2N2O6. The second kappa shape index (κ2) is 13.8. The first kappa shape index (κ1) is 31.6. The van der Waals surface area contributed by atoms with Crippen molar-refractivity contribution in [1.29, 1.82) is 0 Å². The Kier molecular flexibility index (Phi) is 10.1. The van der Waals surface area contributed by atoms with E-state index in [1.807, 2.05) is 30.3 Å². The monoisotopic (exact) mass is 594 g/mol. The molecule has 43 heavy (non-hydrogen) atoms. The third kappa shape index (κ3) is 8.16. The van der Waals surface area contributed by atoms with Crippen molar-refractivity contribution in [3.8, 4) is 5.75 Å². The van der Waals surface area contributed by atoms with Gasteiger partial charge in [0.1, 0.15) is 11.4 Å². The summed E-state index contributed by atoms with van der Waals surface area (Å²) in [5, 5.41) is 11.8. The standard InChI is InChI=1S/C33H36F2N2O6/c1-32(2,3)43-28(39)16-17-33(31(40)36-21-22-10-15-26(34)27(35)20-22)29(23-8-5-4-6-9-23)42-30(37-33)24-11-13-25(14-12-24)41-19-7-18-38/h4-6,8-15,20,29,38H,7,16-19,21H2,1-3H3,(H,36,40)/t29-,33-/m1/s1. The maximum absolute atomic E-state index is 14.1. The molecule has 8 nitrogen and oxygen atoms in total. The highest BCUT2D eigenvalue weighted by atomic mass is 19.2. The quantitative estimate of drug-likeness (QED) is 0.214. The topological polar surface area (TPSA) is 106 Å². The molecule has 0 saturated carbocycles. The average Bonchev–Trinajstić information content (AvgIpc) is 3.37. The van der Waals surface area contributed by atoms with Gasteiger partial charge in [0.15, 0.2) is 23.3 Å². The Balaban J connectivity index is 1.70. The zero-order chi connectivity index (χ0) is 31.0. The van der Waals surface area contributed by atoms with Crippen molar-refractivity contribution in [2.75, 3.05) is 13.2 Å². The summed E-state index contributed by atoms with van der Waals surface area (Å²) < 4.78 is 44.9. The number of carbonyl (C=O) groups excluding carboxylic acids is 2. The first-order valence-electron chi connectivity index (χ1n) is 14.1. The fourth-order valence-electron chi connectivity index (χ4n) is 4.67. The number of nitrogens with one attached hydrogen (secondary N) is 1. The first-order valence-corrected chi connectivity index (χ1v) is 14.1. The van der Waals surface area contributed by atoms with E-state index in [-0.39, 0.29) is 31.9 Å². The lowest BCUT2D eigenvalue weighted by molar-refractivity contribution is -0.155. The minimum absolute atomic E-state index is 0.0210. The lowest BCUT2D eigenvalue weighted by Crippen LogP contribution is -2.48. The van der Waals surface area contributed by atoms with Crippen LogP contribution in [0, 0.1) is 11.6 Å². The highest BCUT2D eigenvalue weighted by Gasteiger charge is 2.53. The number of aliphatic hydroxyl groups excluding tert-OH is 1. The molecule has 0 spiro atoms. The van der Waals surface area contributed by atoms with Gasteiger partial charge in [-0.05, 0) is 74.7 Å². The van der Waals surface area contributed by atoms with Gasteiger partial charge in [0.2, 0.25) is 5.90 Å². The molecule has 3 aromatic carbocycles. The van der Waals surface area contributed by atoms with Gasteiger partial charge in [0.25, 0.3) is 5.91 Å². The molecule has 0 aliphatic carbocycles. The summed E-state index contributed by atoms with van der Waals surface area (Å²) in [7, 11) is 0. The number of esters is 1. The number of amides is 1. The molecule has 0 saturated heterocycles. The van der Waals surface area contributed by atoms with Crippen LogP contribution in [0.2, 0.25) is 0 Å². The molecule has 4 rings (SSSR count). The number of carbonyl (C=O) groups is 2. The van der Waals surface area contributed by atoms with Gasteiger partial charge in [-0.1, -0.05) is 36.4 Å². The van der Waals surface area contributed by atoms with Crippen LogP contribution in [0.15, 0.2) is 77.8 Å². The molecule has 0 bridgehead atoms. The summed E-state index contributed by atoms with van der Waals surface area (Å²) >= 11 is 0. The number of rotatable bonds is 12. The second-order valence-electron chi connectivity index (χ2n) is 11.2. The Morgan fingerprint density at radius 1 is 1.02 bits per heavy atom. The molecule has 0 aromatic heterocycles. The predicted molar refractivity (Wildman–Crippen MR) is 156 cm³/mol. The van der Waals surface area contributed by atoms with E-state index in [9.17, 15) is 18.4 Å². The fraction of sp³-hybridized carbons (Fsp3) is 0.364. The summed E-state index contributed by atoms with van der Waals surface area (Å²) in [5.41, 5.74) is -0.715. The minimum Gasteiger partial charge on any atom is -0.494 e. The largest absolute Gasteiger partial charge is 0.494 e. The maximum Gasteiger partial charge on any atom is 0.306 e. The molecule has 1 amide bonds. The number of benzene rings is 3. The summed E-state index contributed by atoms with van der Waals surface area (Å²) in [6.45, 7) is 5.55. The Hall–Kier alpha value is -4.31. The molecule has 0 fully saturated rings. The number of aliphatic imine (C=N–C) groups is 1. The van der Waals surface area contributed by atoms with Crippen LogP contribution in [0.25, 0.3) is 0 Å². The molecule has 0 radical (unpaired) electrons. The molecule has 3 aromatic rings. The summed E-state index contributed by atoms with van der Waals surface area (Å²) in [6.07, 6.45) is -0.582. The molecule has 1 aliphatic heterocycles. The van der Waals surface area contributed by atoms with Crippen LogP contribution in [0.1, 0.15) is 62.8 Å². The van der Waals surface area contributed by atoms with Gasteiger partial charge in [-0.25, -0.2) is 13.8 Å². The highest BCUT2D eigenvalue weighted by molar-refractivity contribution is 6.01. The number of nitrogens with zero attached hydrogens (tertiary/aromatic N) is 1. The van der Waals surface area contributed by atoms with Gasteiger partial charge in [0.05, 0.1) is 6.61 Å². The summed E-state index contributed by atoms with van der Waals surface area (Å²) in [6, 6.07) is 19.4. The van der Waals surface area contributed by atoms with Gasteiger partial charge < -0.3 is 24.6 Å². The molecule has 228 valence electrons. The molecule has 1 heterocycles. The maximum atomic E-state index is 14.1. The van der Waals surface area contributed by atoms with Crippen molar-refractivity contribution in [3.63, 3.8) is 0 Å². The zero-order valence-corrected chi connectivity index (χ0v) is 24.4. The average molecular weight is 595 g/mol. The first-order chi connectivity index (χ1) is 20.5.